The number of thiazole rings is 1. The Morgan fingerprint density at radius 1 is 1.17 bits per heavy atom. The van der Waals surface area contributed by atoms with E-state index in [-0.39, 0.29) is 5.91 Å². The minimum atomic E-state index is 0.0250. The van der Waals surface area contributed by atoms with Crippen LogP contribution in [0.1, 0.15) is 26.6 Å². The van der Waals surface area contributed by atoms with Gasteiger partial charge in [0, 0.05) is 31.6 Å². The molecule has 1 aliphatic heterocycles. The third-order valence-electron chi connectivity index (χ3n) is 4.12. The Labute approximate surface area is 146 Å². The molecule has 1 aliphatic rings. The van der Waals surface area contributed by atoms with Gasteiger partial charge in [0.2, 0.25) is 0 Å². The molecule has 0 N–H and O–H groups in total. The van der Waals surface area contributed by atoms with Gasteiger partial charge in [0.15, 0.2) is 0 Å². The summed E-state index contributed by atoms with van der Waals surface area (Å²) in [5, 5.41) is 2.66. The summed E-state index contributed by atoms with van der Waals surface area (Å²) in [5.74, 6) is 0.867. The van der Waals surface area contributed by atoms with Crippen molar-refractivity contribution >= 4 is 17.2 Å². The second kappa shape index (κ2) is 7.32. The maximum atomic E-state index is 12.5. The highest BCUT2D eigenvalue weighted by Crippen LogP contribution is 2.19. The number of likely N-dealkylation sites (N-methyl/N-ethyl adjacent to an activating group) is 1. The van der Waals surface area contributed by atoms with E-state index in [1.165, 1.54) is 22.5 Å². The Kier molecular flexibility index (Phi) is 5.16. The molecule has 0 unspecified atom stereocenters. The van der Waals surface area contributed by atoms with Gasteiger partial charge in [-0.05, 0) is 44.2 Å². The standard InChI is InChI=1S/C18H23N3O2S/c1-13-8-14(2)10-15(9-13)23-11-17-19-16(12-24-17)18(22)21-6-4-20(3)5-7-21/h8-10,12H,4-7,11H2,1-3H3. The average Bonchev–Trinajstić information content (AvgIpc) is 3.01. The normalized spacial score (nSPS) is 15.5. The van der Waals surface area contributed by atoms with Crippen LogP contribution in [-0.4, -0.2) is 53.9 Å². The van der Waals surface area contributed by atoms with Crippen LogP contribution in [0.5, 0.6) is 5.75 Å². The van der Waals surface area contributed by atoms with Crippen LogP contribution in [0, 0.1) is 13.8 Å². The smallest absolute Gasteiger partial charge is 0.273 e. The van der Waals surface area contributed by atoms with Crippen molar-refractivity contribution in [3.8, 4) is 5.75 Å². The van der Waals surface area contributed by atoms with Crippen molar-refractivity contribution in [3.63, 3.8) is 0 Å². The fourth-order valence-corrected chi connectivity index (χ4v) is 3.49. The molecule has 1 aromatic heterocycles. The van der Waals surface area contributed by atoms with Crippen LogP contribution in [0.15, 0.2) is 23.6 Å². The number of benzene rings is 1. The summed E-state index contributed by atoms with van der Waals surface area (Å²) >= 11 is 1.48. The summed E-state index contributed by atoms with van der Waals surface area (Å²) in [6.07, 6.45) is 0. The second-order valence-corrected chi connectivity index (χ2v) is 7.28. The number of nitrogens with zero attached hydrogens (tertiary/aromatic N) is 3. The molecule has 5 nitrogen and oxygen atoms in total. The molecule has 3 rings (SSSR count). The van der Waals surface area contributed by atoms with Gasteiger partial charge >= 0.3 is 0 Å². The highest BCUT2D eigenvalue weighted by atomic mass is 32.1. The number of ether oxygens (including phenoxy) is 1. The maximum absolute atomic E-state index is 12.5. The number of carbonyl (C=O) groups is 1. The van der Waals surface area contributed by atoms with Crippen LogP contribution in [0.4, 0.5) is 0 Å². The Bertz CT molecular complexity index is 701. The number of hydrogen-bond acceptors (Lipinski definition) is 5. The number of rotatable bonds is 4. The zero-order chi connectivity index (χ0) is 17.1. The Morgan fingerprint density at radius 2 is 1.83 bits per heavy atom. The summed E-state index contributed by atoms with van der Waals surface area (Å²) in [6, 6.07) is 6.14. The summed E-state index contributed by atoms with van der Waals surface area (Å²) in [4.78, 5) is 21.1. The van der Waals surface area contributed by atoms with Crippen molar-refractivity contribution in [3.05, 3.63) is 45.4 Å². The van der Waals surface area contributed by atoms with E-state index in [4.69, 9.17) is 4.74 Å². The van der Waals surface area contributed by atoms with Crippen molar-refractivity contribution in [2.75, 3.05) is 33.2 Å². The Hall–Kier alpha value is -1.92. The lowest BCUT2D eigenvalue weighted by Crippen LogP contribution is -2.47. The predicted molar refractivity (Wildman–Crippen MR) is 95.8 cm³/mol. The molecule has 1 amide bonds. The van der Waals surface area contributed by atoms with Gasteiger partial charge in [0.05, 0.1) is 0 Å². The quantitative estimate of drug-likeness (QED) is 0.855. The lowest BCUT2D eigenvalue weighted by atomic mass is 10.1. The zero-order valence-electron chi connectivity index (χ0n) is 14.4. The summed E-state index contributed by atoms with van der Waals surface area (Å²) in [5.41, 5.74) is 2.88. The molecule has 2 heterocycles. The predicted octanol–water partition coefficient (Wildman–Crippen LogP) is 2.73. The van der Waals surface area contributed by atoms with E-state index in [9.17, 15) is 4.79 Å². The molecule has 128 valence electrons. The van der Waals surface area contributed by atoms with E-state index >= 15 is 0 Å². The molecule has 1 saturated heterocycles. The van der Waals surface area contributed by atoms with Crippen LogP contribution in [0.3, 0.4) is 0 Å². The average molecular weight is 345 g/mol. The third kappa shape index (κ3) is 4.13. The number of aromatic nitrogens is 1. The van der Waals surface area contributed by atoms with Gasteiger partial charge in [-0.1, -0.05) is 6.07 Å². The molecule has 0 radical (unpaired) electrons. The van der Waals surface area contributed by atoms with Crippen molar-refractivity contribution in [1.29, 1.82) is 0 Å². The minimum Gasteiger partial charge on any atom is -0.486 e. The first-order chi connectivity index (χ1) is 11.5. The molecular weight excluding hydrogens is 322 g/mol. The van der Waals surface area contributed by atoms with Gasteiger partial charge in [-0.15, -0.1) is 11.3 Å². The van der Waals surface area contributed by atoms with Crippen LogP contribution < -0.4 is 4.74 Å². The fourth-order valence-electron chi connectivity index (χ4n) is 2.81. The molecule has 2 aromatic rings. The molecule has 6 heteroatoms. The number of aryl methyl sites for hydroxylation is 2. The van der Waals surface area contributed by atoms with Gasteiger partial charge in [-0.25, -0.2) is 4.98 Å². The van der Waals surface area contributed by atoms with Crippen molar-refractivity contribution < 1.29 is 9.53 Å². The maximum Gasteiger partial charge on any atom is 0.273 e. The summed E-state index contributed by atoms with van der Waals surface area (Å²) in [6.45, 7) is 7.86. The molecule has 0 atom stereocenters. The highest BCUT2D eigenvalue weighted by Gasteiger charge is 2.22. The number of amides is 1. The first-order valence-electron chi connectivity index (χ1n) is 8.14. The van der Waals surface area contributed by atoms with Gasteiger partial charge in [0.1, 0.15) is 23.1 Å². The molecule has 0 bridgehead atoms. The number of carbonyl (C=O) groups excluding carboxylic acids is 1. The molecule has 24 heavy (non-hydrogen) atoms. The molecule has 1 aromatic carbocycles. The lowest BCUT2D eigenvalue weighted by Gasteiger charge is -2.31. The minimum absolute atomic E-state index is 0.0250. The number of hydrogen-bond donors (Lipinski definition) is 0. The van der Waals surface area contributed by atoms with E-state index in [0.717, 1.165) is 36.9 Å². The topological polar surface area (TPSA) is 45.7 Å². The van der Waals surface area contributed by atoms with Crippen LogP contribution in [0.25, 0.3) is 0 Å². The lowest BCUT2D eigenvalue weighted by molar-refractivity contribution is 0.0658. The van der Waals surface area contributed by atoms with Gasteiger partial charge in [-0.3, -0.25) is 4.79 Å². The van der Waals surface area contributed by atoms with E-state index in [0.29, 0.717) is 12.3 Å². The molecule has 1 fully saturated rings. The Morgan fingerprint density at radius 3 is 2.50 bits per heavy atom. The highest BCUT2D eigenvalue weighted by molar-refractivity contribution is 7.09. The molecule has 0 spiro atoms. The fraction of sp³-hybridized carbons (Fsp3) is 0.444. The SMILES string of the molecule is Cc1cc(C)cc(OCc2nc(C(=O)N3CCN(C)CC3)cs2)c1. The summed E-state index contributed by atoms with van der Waals surface area (Å²) in [7, 11) is 2.08. The van der Waals surface area contributed by atoms with Crippen molar-refractivity contribution in [2.24, 2.45) is 0 Å². The molecule has 0 saturated carbocycles. The van der Waals surface area contributed by atoms with E-state index in [2.05, 4.69) is 36.8 Å². The molecule has 0 aliphatic carbocycles. The van der Waals surface area contributed by atoms with E-state index in [1.54, 1.807) is 0 Å². The van der Waals surface area contributed by atoms with Crippen LogP contribution >= 0.6 is 11.3 Å². The van der Waals surface area contributed by atoms with Gasteiger partial charge in [-0.2, -0.15) is 0 Å². The summed E-state index contributed by atoms with van der Waals surface area (Å²) < 4.78 is 5.82. The first kappa shape index (κ1) is 16.9. The monoisotopic (exact) mass is 345 g/mol. The van der Waals surface area contributed by atoms with Gasteiger partial charge < -0.3 is 14.5 Å². The molecular formula is C18H23N3O2S. The van der Waals surface area contributed by atoms with E-state index in [1.807, 2.05) is 22.4 Å². The Balaban J connectivity index is 1.60. The second-order valence-electron chi connectivity index (χ2n) is 6.33. The van der Waals surface area contributed by atoms with Crippen molar-refractivity contribution in [2.45, 2.75) is 20.5 Å². The van der Waals surface area contributed by atoms with Crippen molar-refractivity contribution in [1.82, 2.24) is 14.8 Å². The first-order valence-corrected chi connectivity index (χ1v) is 9.02. The van der Waals surface area contributed by atoms with E-state index < -0.39 is 0 Å². The van der Waals surface area contributed by atoms with Crippen LogP contribution in [0.2, 0.25) is 0 Å². The van der Waals surface area contributed by atoms with Gasteiger partial charge in [0.25, 0.3) is 5.91 Å². The third-order valence-corrected chi connectivity index (χ3v) is 4.94. The largest absolute Gasteiger partial charge is 0.486 e. The number of piperazine rings is 1. The zero-order valence-corrected chi connectivity index (χ0v) is 15.2. The van der Waals surface area contributed by atoms with Crippen LogP contribution in [-0.2, 0) is 6.61 Å².